The van der Waals surface area contributed by atoms with Crippen LogP contribution in [0.2, 0.25) is 5.02 Å². The van der Waals surface area contributed by atoms with E-state index < -0.39 is 0 Å². The van der Waals surface area contributed by atoms with Crippen LogP contribution in [-0.4, -0.2) is 16.3 Å². The summed E-state index contributed by atoms with van der Waals surface area (Å²) in [5.41, 5.74) is 7.35. The van der Waals surface area contributed by atoms with E-state index in [1.165, 1.54) is 4.68 Å². The normalized spacial score (nSPS) is 12.1. The van der Waals surface area contributed by atoms with Crippen molar-refractivity contribution >= 4 is 17.3 Å². The lowest BCUT2D eigenvalue weighted by molar-refractivity contribution is 0.568. The van der Waals surface area contributed by atoms with Gasteiger partial charge in [-0.05, 0) is 12.0 Å². The van der Waals surface area contributed by atoms with Gasteiger partial charge in [-0.2, -0.15) is 5.10 Å². The molecule has 0 fully saturated rings. The molecule has 0 aliphatic rings. The van der Waals surface area contributed by atoms with E-state index in [9.17, 15) is 4.79 Å². The molecule has 6 heteroatoms. The highest BCUT2D eigenvalue weighted by Gasteiger charge is 2.10. The van der Waals surface area contributed by atoms with E-state index in [2.05, 4.69) is 10.4 Å². The van der Waals surface area contributed by atoms with Gasteiger partial charge in [0.25, 0.3) is 5.56 Å². The van der Waals surface area contributed by atoms with Gasteiger partial charge in [-0.1, -0.05) is 48.9 Å². The first kappa shape index (κ1) is 15.5. The van der Waals surface area contributed by atoms with E-state index in [1.54, 1.807) is 6.20 Å². The Morgan fingerprint density at radius 3 is 2.76 bits per heavy atom. The van der Waals surface area contributed by atoms with Crippen LogP contribution in [-0.2, 0) is 6.54 Å². The third kappa shape index (κ3) is 3.83. The predicted octanol–water partition coefficient (Wildman–Crippen LogP) is 2.42. The van der Waals surface area contributed by atoms with Crippen LogP contribution in [0.3, 0.4) is 0 Å². The zero-order chi connectivity index (χ0) is 15.2. The standard InChI is InChI=1S/C15H19ClN4O/c1-2-8-20-15(21)14(16)13(10-19-20)18-9-12(17)11-6-4-3-5-7-11/h3-7,10,12,18H,2,8-9,17H2,1H3. The van der Waals surface area contributed by atoms with Crippen LogP contribution in [0.5, 0.6) is 0 Å². The summed E-state index contributed by atoms with van der Waals surface area (Å²) < 4.78 is 1.37. The van der Waals surface area contributed by atoms with Crippen molar-refractivity contribution in [3.63, 3.8) is 0 Å². The number of hydrogen-bond donors (Lipinski definition) is 2. The van der Waals surface area contributed by atoms with Gasteiger partial charge >= 0.3 is 0 Å². The molecular weight excluding hydrogens is 288 g/mol. The maximum Gasteiger partial charge on any atom is 0.287 e. The molecule has 2 aromatic rings. The van der Waals surface area contributed by atoms with Gasteiger partial charge in [-0.15, -0.1) is 0 Å². The van der Waals surface area contributed by atoms with E-state index in [-0.39, 0.29) is 16.6 Å². The molecule has 2 rings (SSSR count). The van der Waals surface area contributed by atoms with Gasteiger partial charge in [0, 0.05) is 19.1 Å². The lowest BCUT2D eigenvalue weighted by Gasteiger charge is -2.15. The third-order valence-corrected chi connectivity index (χ3v) is 3.53. The first-order valence-corrected chi connectivity index (χ1v) is 7.31. The van der Waals surface area contributed by atoms with Gasteiger partial charge in [0.1, 0.15) is 5.02 Å². The molecule has 1 aromatic carbocycles. The van der Waals surface area contributed by atoms with Crippen molar-refractivity contribution in [3.05, 3.63) is 57.5 Å². The summed E-state index contributed by atoms with van der Waals surface area (Å²) in [7, 11) is 0. The molecular formula is C15H19ClN4O. The fourth-order valence-electron chi connectivity index (χ4n) is 2.00. The lowest BCUT2D eigenvalue weighted by atomic mass is 10.1. The van der Waals surface area contributed by atoms with Crippen molar-refractivity contribution in [2.75, 3.05) is 11.9 Å². The number of nitrogens with two attached hydrogens (primary N) is 1. The molecule has 0 saturated carbocycles. The maximum absolute atomic E-state index is 12.0. The summed E-state index contributed by atoms with van der Waals surface area (Å²) in [6, 6.07) is 9.57. The Hall–Kier alpha value is -1.85. The second-order valence-electron chi connectivity index (χ2n) is 4.80. The molecule has 0 saturated heterocycles. The van der Waals surface area contributed by atoms with Crippen LogP contribution in [0.1, 0.15) is 24.9 Å². The van der Waals surface area contributed by atoms with Gasteiger partial charge in [0.05, 0.1) is 11.9 Å². The molecule has 0 bridgehead atoms. The molecule has 1 unspecified atom stereocenters. The van der Waals surface area contributed by atoms with Gasteiger partial charge in [-0.25, -0.2) is 4.68 Å². The minimum atomic E-state index is -0.281. The number of rotatable bonds is 6. The molecule has 5 nitrogen and oxygen atoms in total. The zero-order valence-electron chi connectivity index (χ0n) is 11.9. The summed E-state index contributed by atoms with van der Waals surface area (Å²) in [5.74, 6) is 0. The summed E-state index contributed by atoms with van der Waals surface area (Å²) in [6.45, 7) is 3.01. The summed E-state index contributed by atoms with van der Waals surface area (Å²) in [4.78, 5) is 12.0. The van der Waals surface area contributed by atoms with Gasteiger partial charge < -0.3 is 11.1 Å². The largest absolute Gasteiger partial charge is 0.380 e. The zero-order valence-corrected chi connectivity index (χ0v) is 12.7. The Morgan fingerprint density at radius 2 is 2.10 bits per heavy atom. The second kappa shape index (κ2) is 7.24. The minimum Gasteiger partial charge on any atom is -0.380 e. The van der Waals surface area contributed by atoms with Crippen molar-refractivity contribution in [2.24, 2.45) is 5.73 Å². The third-order valence-electron chi connectivity index (χ3n) is 3.16. The Balaban J connectivity index is 2.07. The molecule has 112 valence electrons. The van der Waals surface area contributed by atoms with Crippen molar-refractivity contribution in [2.45, 2.75) is 25.9 Å². The lowest BCUT2D eigenvalue weighted by Crippen LogP contribution is -2.26. The molecule has 0 radical (unpaired) electrons. The summed E-state index contributed by atoms with van der Waals surface area (Å²) in [5, 5.41) is 7.34. The van der Waals surface area contributed by atoms with Crippen LogP contribution in [0.15, 0.2) is 41.3 Å². The van der Waals surface area contributed by atoms with E-state index in [4.69, 9.17) is 17.3 Å². The van der Waals surface area contributed by atoms with E-state index in [1.807, 2.05) is 37.3 Å². The Labute approximate surface area is 128 Å². The highest BCUT2D eigenvalue weighted by Crippen LogP contribution is 2.17. The highest BCUT2D eigenvalue weighted by molar-refractivity contribution is 6.32. The fourth-order valence-corrected chi connectivity index (χ4v) is 2.21. The second-order valence-corrected chi connectivity index (χ2v) is 5.18. The van der Waals surface area contributed by atoms with Gasteiger partial charge in [0.2, 0.25) is 0 Å². The number of nitrogens with zero attached hydrogens (tertiary/aromatic N) is 2. The average molecular weight is 307 g/mol. The van der Waals surface area contributed by atoms with E-state index in [0.717, 1.165) is 12.0 Å². The molecule has 0 amide bonds. The monoisotopic (exact) mass is 306 g/mol. The Morgan fingerprint density at radius 1 is 1.38 bits per heavy atom. The number of anilines is 1. The molecule has 0 aliphatic carbocycles. The van der Waals surface area contributed by atoms with Crippen LogP contribution in [0, 0.1) is 0 Å². The summed E-state index contributed by atoms with van der Waals surface area (Å²) >= 11 is 6.09. The first-order chi connectivity index (χ1) is 10.1. The smallest absolute Gasteiger partial charge is 0.287 e. The first-order valence-electron chi connectivity index (χ1n) is 6.93. The minimum absolute atomic E-state index is 0.152. The van der Waals surface area contributed by atoms with Crippen LogP contribution in [0.25, 0.3) is 0 Å². The average Bonchev–Trinajstić information content (AvgIpc) is 2.52. The Bertz CT molecular complexity index is 642. The molecule has 1 heterocycles. The quantitative estimate of drug-likeness (QED) is 0.859. The van der Waals surface area contributed by atoms with Crippen LogP contribution >= 0.6 is 11.6 Å². The van der Waals surface area contributed by atoms with Crippen LogP contribution in [0.4, 0.5) is 5.69 Å². The number of hydrogen-bond acceptors (Lipinski definition) is 4. The SMILES string of the molecule is CCCn1ncc(NCC(N)c2ccccc2)c(Cl)c1=O. The van der Waals surface area contributed by atoms with Crippen molar-refractivity contribution in [1.29, 1.82) is 0 Å². The molecule has 0 aliphatic heterocycles. The van der Waals surface area contributed by atoms with Gasteiger partial charge in [-0.3, -0.25) is 4.79 Å². The summed E-state index contributed by atoms with van der Waals surface area (Å²) in [6.07, 6.45) is 2.39. The van der Waals surface area contributed by atoms with E-state index in [0.29, 0.717) is 18.8 Å². The highest BCUT2D eigenvalue weighted by atomic mass is 35.5. The number of nitrogens with one attached hydrogen (secondary N) is 1. The number of aromatic nitrogens is 2. The number of benzene rings is 1. The number of halogens is 1. The molecule has 21 heavy (non-hydrogen) atoms. The molecule has 3 N–H and O–H groups in total. The van der Waals surface area contributed by atoms with Crippen molar-refractivity contribution < 1.29 is 0 Å². The fraction of sp³-hybridized carbons (Fsp3) is 0.333. The van der Waals surface area contributed by atoms with E-state index >= 15 is 0 Å². The molecule has 0 spiro atoms. The topological polar surface area (TPSA) is 72.9 Å². The molecule has 1 atom stereocenters. The Kier molecular flexibility index (Phi) is 5.36. The van der Waals surface area contributed by atoms with Crippen LogP contribution < -0.4 is 16.6 Å². The maximum atomic E-state index is 12.0. The van der Waals surface area contributed by atoms with Crippen molar-refractivity contribution in [1.82, 2.24) is 9.78 Å². The predicted molar refractivity (Wildman–Crippen MR) is 85.7 cm³/mol. The number of aryl methyl sites for hydroxylation is 1. The van der Waals surface area contributed by atoms with Gasteiger partial charge in [0.15, 0.2) is 0 Å². The molecule has 1 aromatic heterocycles. The van der Waals surface area contributed by atoms with Crippen molar-refractivity contribution in [3.8, 4) is 0 Å².